The van der Waals surface area contributed by atoms with E-state index in [4.69, 9.17) is 9.73 Å². The zero-order valence-electron chi connectivity index (χ0n) is 17.0. The zero-order chi connectivity index (χ0) is 19.6. The Hall–Kier alpha value is -2.57. The van der Waals surface area contributed by atoms with Crippen LogP contribution in [-0.4, -0.2) is 47.0 Å². The van der Waals surface area contributed by atoms with Crippen LogP contribution in [0.1, 0.15) is 44.0 Å². The molecule has 1 aromatic heterocycles. The van der Waals surface area contributed by atoms with Crippen LogP contribution in [0.4, 0.5) is 0 Å². The van der Waals surface area contributed by atoms with Crippen LogP contribution in [-0.2, 0) is 19.4 Å². The lowest BCUT2D eigenvalue weighted by Crippen LogP contribution is -2.43. The molecule has 0 spiro atoms. The summed E-state index contributed by atoms with van der Waals surface area (Å²) in [5.41, 5.74) is 1.27. The van der Waals surface area contributed by atoms with Gasteiger partial charge in [-0.05, 0) is 37.0 Å². The summed E-state index contributed by atoms with van der Waals surface area (Å²) >= 11 is 0. The van der Waals surface area contributed by atoms with Crippen molar-refractivity contribution < 1.29 is 4.74 Å². The molecule has 1 aliphatic rings. The normalized spacial score (nSPS) is 15.0. The Morgan fingerprint density at radius 3 is 2.75 bits per heavy atom. The van der Waals surface area contributed by atoms with E-state index in [1.165, 1.54) is 31.2 Å². The fourth-order valence-electron chi connectivity index (χ4n) is 3.54. The Labute approximate surface area is 167 Å². The van der Waals surface area contributed by atoms with Crippen LogP contribution in [0.2, 0.25) is 0 Å². The fraction of sp³-hybridized carbons (Fsp3) is 0.571. The van der Waals surface area contributed by atoms with Crippen LogP contribution in [0.3, 0.4) is 0 Å². The Morgan fingerprint density at radius 1 is 1.25 bits per heavy atom. The lowest BCUT2D eigenvalue weighted by atomic mass is 10.1. The second kappa shape index (κ2) is 10.7. The van der Waals surface area contributed by atoms with E-state index in [9.17, 15) is 0 Å². The number of nitrogens with zero attached hydrogens (tertiary/aromatic N) is 4. The maximum absolute atomic E-state index is 5.22. The van der Waals surface area contributed by atoms with Gasteiger partial charge in [-0.15, -0.1) is 10.2 Å². The van der Waals surface area contributed by atoms with Gasteiger partial charge < -0.3 is 19.9 Å². The fourth-order valence-corrected chi connectivity index (χ4v) is 3.54. The van der Waals surface area contributed by atoms with Crippen molar-refractivity contribution in [2.45, 2.75) is 58.0 Å². The molecule has 0 amide bonds. The number of nitrogens with one attached hydrogen (secondary N) is 2. The van der Waals surface area contributed by atoms with Crippen molar-refractivity contribution in [2.75, 3.05) is 20.2 Å². The van der Waals surface area contributed by atoms with Gasteiger partial charge in [-0.25, -0.2) is 0 Å². The molecular weight excluding hydrogens is 352 g/mol. The second-order valence-electron chi connectivity index (χ2n) is 7.18. The van der Waals surface area contributed by atoms with E-state index in [1.54, 1.807) is 13.4 Å². The van der Waals surface area contributed by atoms with Crippen molar-refractivity contribution in [1.29, 1.82) is 0 Å². The molecule has 28 heavy (non-hydrogen) atoms. The summed E-state index contributed by atoms with van der Waals surface area (Å²) in [5.74, 6) is 2.81. The molecule has 2 aromatic rings. The monoisotopic (exact) mass is 384 g/mol. The number of hydrogen-bond donors (Lipinski definition) is 2. The van der Waals surface area contributed by atoms with Crippen molar-refractivity contribution in [3.05, 3.63) is 42.0 Å². The van der Waals surface area contributed by atoms with E-state index in [1.807, 2.05) is 12.1 Å². The highest BCUT2D eigenvalue weighted by Crippen LogP contribution is 2.17. The Bertz CT molecular complexity index is 734. The molecule has 0 saturated heterocycles. The van der Waals surface area contributed by atoms with Gasteiger partial charge in [-0.2, -0.15) is 0 Å². The highest BCUT2D eigenvalue weighted by molar-refractivity contribution is 5.80. The lowest BCUT2D eigenvalue weighted by Gasteiger charge is -2.18. The van der Waals surface area contributed by atoms with E-state index in [0.717, 1.165) is 50.0 Å². The molecule has 7 nitrogen and oxygen atoms in total. The van der Waals surface area contributed by atoms with Crippen LogP contribution in [0, 0.1) is 0 Å². The third kappa shape index (κ3) is 5.97. The molecule has 0 unspecified atom stereocenters. The molecule has 0 radical (unpaired) electrons. The van der Waals surface area contributed by atoms with Crippen molar-refractivity contribution >= 4 is 5.96 Å². The van der Waals surface area contributed by atoms with Gasteiger partial charge in [0.2, 0.25) is 0 Å². The number of guanidine groups is 1. The third-order valence-corrected chi connectivity index (χ3v) is 5.18. The van der Waals surface area contributed by atoms with Gasteiger partial charge in [0.1, 0.15) is 17.9 Å². The minimum atomic E-state index is 0.536. The maximum Gasteiger partial charge on any atom is 0.191 e. The molecule has 2 N–H and O–H groups in total. The highest BCUT2D eigenvalue weighted by Gasteiger charge is 2.16. The smallest absolute Gasteiger partial charge is 0.191 e. The van der Waals surface area contributed by atoms with Gasteiger partial charge in [0.25, 0.3) is 0 Å². The number of benzene rings is 1. The number of aryl methyl sites for hydroxylation is 1. The maximum atomic E-state index is 5.22. The zero-order valence-corrected chi connectivity index (χ0v) is 17.0. The van der Waals surface area contributed by atoms with E-state index in [0.29, 0.717) is 6.04 Å². The van der Waals surface area contributed by atoms with Gasteiger partial charge >= 0.3 is 0 Å². The molecule has 0 atom stereocenters. The quantitative estimate of drug-likeness (QED) is 0.513. The first-order valence-electron chi connectivity index (χ1n) is 10.3. The second-order valence-corrected chi connectivity index (χ2v) is 7.18. The summed E-state index contributed by atoms with van der Waals surface area (Å²) in [4.78, 5) is 4.81. The average Bonchev–Trinajstić information content (AvgIpc) is 3.40. The van der Waals surface area contributed by atoms with Crippen LogP contribution in [0.25, 0.3) is 0 Å². The van der Waals surface area contributed by atoms with E-state index in [2.05, 4.69) is 44.5 Å². The minimum Gasteiger partial charge on any atom is -0.497 e. The van der Waals surface area contributed by atoms with Gasteiger partial charge in [0.15, 0.2) is 5.96 Å². The van der Waals surface area contributed by atoms with Gasteiger partial charge in [0.05, 0.1) is 7.11 Å². The summed E-state index contributed by atoms with van der Waals surface area (Å²) in [7, 11) is 1.69. The van der Waals surface area contributed by atoms with E-state index >= 15 is 0 Å². The van der Waals surface area contributed by atoms with E-state index < -0.39 is 0 Å². The molecule has 0 aliphatic heterocycles. The first-order chi connectivity index (χ1) is 13.8. The van der Waals surface area contributed by atoms with E-state index in [-0.39, 0.29) is 0 Å². The van der Waals surface area contributed by atoms with Crippen LogP contribution in [0.5, 0.6) is 5.75 Å². The third-order valence-electron chi connectivity index (χ3n) is 5.18. The first-order valence-corrected chi connectivity index (χ1v) is 10.3. The summed E-state index contributed by atoms with van der Waals surface area (Å²) in [6.45, 7) is 4.48. The molecule has 7 heteroatoms. The first kappa shape index (κ1) is 20.2. The summed E-state index contributed by atoms with van der Waals surface area (Å²) in [6, 6.07) is 8.74. The van der Waals surface area contributed by atoms with Gasteiger partial charge in [-0.1, -0.05) is 31.9 Å². The van der Waals surface area contributed by atoms with Gasteiger partial charge in [-0.3, -0.25) is 4.99 Å². The summed E-state index contributed by atoms with van der Waals surface area (Å²) < 4.78 is 7.31. The molecule has 1 saturated carbocycles. The van der Waals surface area contributed by atoms with Gasteiger partial charge in [0, 0.05) is 32.1 Å². The lowest BCUT2D eigenvalue weighted by molar-refractivity contribution is 0.414. The van der Waals surface area contributed by atoms with Crippen LogP contribution in [0.15, 0.2) is 35.6 Å². The highest BCUT2D eigenvalue weighted by atomic mass is 16.5. The Balaban J connectivity index is 1.53. The number of ether oxygens (including phenoxy) is 1. The largest absolute Gasteiger partial charge is 0.497 e. The van der Waals surface area contributed by atoms with Crippen molar-refractivity contribution in [1.82, 2.24) is 25.4 Å². The molecule has 152 valence electrons. The molecule has 0 bridgehead atoms. The average molecular weight is 385 g/mol. The number of hydrogen-bond acceptors (Lipinski definition) is 4. The predicted octanol–water partition coefficient (Wildman–Crippen LogP) is 2.57. The molecule has 1 heterocycles. The number of aromatic nitrogens is 3. The molecule has 1 fully saturated rings. The van der Waals surface area contributed by atoms with Crippen LogP contribution < -0.4 is 15.4 Å². The minimum absolute atomic E-state index is 0.536. The SMILES string of the molecule is CCc1nncn1CCNC(=NCCc1ccc(OC)cc1)NC1CCCC1. The van der Waals surface area contributed by atoms with Crippen molar-refractivity contribution in [3.8, 4) is 5.75 Å². The number of rotatable bonds is 9. The molecule has 1 aliphatic carbocycles. The van der Waals surface area contributed by atoms with Crippen molar-refractivity contribution in [2.24, 2.45) is 4.99 Å². The molecule has 1 aromatic carbocycles. The Kier molecular flexibility index (Phi) is 7.70. The number of methoxy groups -OCH3 is 1. The summed E-state index contributed by atoms with van der Waals surface area (Å²) in [6.07, 6.45) is 8.66. The standard InChI is InChI=1S/C21H32N6O/c1-3-20-26-24-16-27(20)15-14-23-21(25-18-6-4-5-7-18)22-13-12-17-8-10-19(28-2)11-9-17/h8-11,16,18H,3-7,12-15H2,1-2H3,(H2,22,23,25). The molecule has 3 rings (SSSR count). The number of aliphatic imine (C=N–C) groups is 1. The topological polar surface area (TPSA) is 76.4 Å². The predicted molar refractivity (Wildman–Crippen MR) is 112 cm³/mol. The van der Waals surface area contributed by atoms with Crippen molar-refractivity contribution in [3.63, 3.8) is 0 Å². The van der Waals surface area contributed by atoms with Crippen LogP contribution >= 0.6 is 0 Å². The Morgan fingerprint density at radius 2 is 2.04 bits per heavy atom. The molecular formula is C21H32N6O. The summed E-state index contributed by atoms with van der Waals surface area (Å²) in [5, 5.41) is 15.2.